The molecule has 0 spiro atoms. The average molecular weight is 333 g/mol. The largest absolute Gasteiger partial charge is 0.506 e. The second kappa shape index (κ2) is 5.44. The SMILES string of the molecule is CN(C)c1ccc(C2=C(O)/C(=C3/C=CC(=[N+](C)C)S3)C2=O)s1. The first-order valence-electron chi connectivity index (χ1n) is 6.80. The number of thiophene rings is 1. The van der Waals surface area contributed by atoms with Gasteiger partial charge in [0.2, 0.25) is 10.8 Å². The third-order valence-corrected chi connectivity index (χ3v) is 6.03. The highest BCUT2D eigenvalue weighted by Crippen LogP contribution is 2.45. The molecule has 0 bridgehead atoms. The van der Waals surface area contributed by atoms with Crippen molar-refractivity contribution in [1.82, 2.24) is 0 Å². The molecule has 6 heteroatoms. The van der Waals surface area contributed by atoms with Crippen molar-refractivity contribution in [3.05, 3.63) is 45.4 Å². The Bertz CT molecular complexity index is 791. The fourth-order valence-electron chi connectivity index (χ4n) is 2.26. The second-order valence-corrected chi connectivity index (χ2v) is 7.62. The smallest absolute Gasteiger partial charge is 0.239 e. The summed E-state index contributed by atoms with van der Waals surface area (Å²) in [6.45, 7) is 0. The maximum absolute atomic E-state index is 12.5. The molecule has 114 valence electrons. The van der Waals surface area contributed by atoms with Crippen molar-refractivity contribution in [2.75, 3.05) is 33.1 Å². The Hall–Kier alpha value is -1.79. The van der Waals surface area contributed by atoms with Crippen molar-refractivity contribution in [3.63, 3.8) is 0 Å². The lowest BCUT2D eigenvalue weighted by atomic mass is 9.86. The van der Waals surface area contributed by atoms with E-state index in [2.05, 4.69) is 0 Å². The summed E-state index contributed by atoms with van der Waals surface area (Å²) in [4.78, 5) is 16.1. The van der Waals surface area contributed by atoms with Gasteiger partial charge in [-0.15, -0.1) is 11.3 Å². The number of rotatable bonds is 2. The van der Waals surface area contributed by atoms with E-state index in [9.17, 15) is 9.90 Å². The number of hydrogen-bond acceptors (Lipinski definition) is 5. The molecule has 1 aromatic heterocycles. The van der Waals surface area contributed by atoms with Crippen molar-refractivity contribution in [3.8, 4) is 0 Å². The summed E-state index contributed by atoms with van der Waals surface area (Å²) in [5.74, 6) is 0.0427. The Morgan fingerprint density at radius 1 is 1.14 bits per heavy atom. The van der Waals surface area contributed by atoms with E-state index in [1.54, 1.807) is 0 Å². The number of Topliss-reactive ketones (excluding diaryl/α,β-unsaturated/α-hetero) is 1. The fraction of sp³-hybridized carbons (Fsp3) is 0.250. The van der Waals surface area contributed by atoms with Gasteiger partial charge in [-0.2, -0.15) is 0 Å². The first-order valence-corrected chi connectivity index (χ1v) is 8.43. The summed E-state index contributed by atoms with van der Waals surface area (Å²) in [5, 5.41) is 12.5. The standard InChI is InChI=1S/C16H16N2O2S2/c1-17(2)11-7-5-9(21-11)13-15(19)14(16(13)20)10-6-8-12(22-10)18(3)4/h5-8H,1-4H3/p+1. The van der Waals surface area contributed by atoms with Gasteiger partial charge in [0.05, 0.1) is 16.1 Å². The topological polar surface area (TPSA) is 43.5 Å². The molecule has 0 saturated carbocycles. The van der Waals surface area contributed by atoms with Crippen LogP contribution in [0.25, 0.3) is 5.57 Å². The number of aliphatic hydroxyl groups is 1. The van der Waals surface area contributed by atoms with Crippen molar-refractivity contribution in [2.45, 2.75) is 0 Å². The molecule has 1 aromatic rings. The first kappa shape index (κ1) is 15.1. The number of allylic oxidation sites excluding steroid dienone is 3. The minimum Gasteiger partial charge on any atom is -0.506 e. The van der Waals surface area contributed by atoms with Crippen LogP contribution < -0.4 is 4.90 Å². The van der Waals surface area contributed by atoms with Gasteiger partial charge in [0.25, 0.3) is 0 Å². The maximum Gasteiger partial charge on any atom is 0.239 e. The van der Waals surface area contributed by atoms with Crippen LogP contribution in [-0.4, -0.2) is 48.7 Å². The van der Waals surface area contributed by atoms with Gasteiger partial charge in [0, 0.05) is 30.0 Å². The molecular weight excluding hydrogens is 316 g/mol. The molecule has 1 aliphatic carbocycles. The Kier molecular flexibility index (Phi) is 3.74. The van der Waals surface area contributed by atoms with Gasteiger partial charge in [-0.1, -0.05) is 0 Å². The number of anilines is 1. The van der Waals surface area contributed by atoms with Gasteiger partial charge < -0.3 is 10.0 Å². The number of nitrogens with zero attached hydrogens (tertiary/aromatic N) is 2. The number of thioether (sulfide) groups is 1. The Morgan fingerprint density at radius 2 is 1.86 bits per heavy atom. The molecule has 0 aromatic carbocycles. The molecule has 0 saturated heterocycles. The summed E-state index contributed by atoms with van der Waals surface area (Å²) >= 11 is 3.02. The molecule has 0 amide bonds. The normalized spacial score (nSPS) is 20.7. The van der Waals surface area contributed by atoms with Gasteiger partial charge in [-0.3, -0.25) is 4.79 Å². The summed E-state index contributed by atoms with van der Waals surface area (Å²) in [7, 11) is 7.83. The van der Waals surface area contributed by atoms with Crippen molar-refractivity contribution in [2.24, 2.45) is 0 Å². The molecule has 2 heterocycles. The number of ketones is 1. The van der Waals surface area contributed by atoms with Gasteiger partial charge in [0.15, 0.2) is 0 Å². The van der Waals surface area contributed by atoms with E-state index in [0.29, 0.717) is 11.1 Å². The molecule has 0 fully saturated rings. The highest BCUT2D eigenvalue weighted by Gasteiger charge is 2.39. The lowest BCUT2D eigenvalue weighted by Gasteiger charge is -2.21. The van der Waals surface area contributed by atoms with E-state index < -0.39 is 0 Å². The quantitative estimate of drug-likeness (QED) is 0.668. The van der Waals surface area contributed by atoms with Crippen LogP contribution in [0.2, 0.25) is 0 Å². The van der Waals surface area contributed by atoms with Crippen molar-refractivity contribution >= 4 is 44.5 Å². The number of carbonyl (C=O) groups is 1. The van der Waals surface area contributed by atoms with Gasteiger partial charge in [-0.25, -0.2) is 4.58 Å². The summed E-state index contributed by atoms with van der Waals surface area (Å²) in [6.07, 6.45) is 3.85. The lowest BCUT2D eigenvalue weighted by Crippen LogP contribution is -2.21. The van der Waals surface area contributed by atoms with Crippen LogP contribution in [0.3, 0.4) is 0 Å². The molecule has 1 N–H and O–H groups in total. The van der Waals surface area contributed by atoms with E-state index in [4.69, 9.17) is 0 Å². The Labute approximate surface area is 137 Å². The minimum absolute atomic E-state index is 0.0724. The van der Waals surface area contributed by atoms with Crippen molar-refractivity contribution in [1.29, 1.82) is 0 Å². The molecule has 22 heavy (non-hydrogen) atoms. The fourth-order valence-corrected chi connectivity index (χ4v) is 4.21. The molecule has 0 atom stereocenters. The van der Waals surface area contributed by atoms with E-state index >= 15 is 0 Å². The van der Waals surface area contributed by atoms with Crippen LogP contribution in [0.4, 0.5) is 5.00 Å². The molecular formula is C16H17N2O2S2+. The molecule has 3 rings (SSSR count). The number of aliphatic hydroxyl groups excluding tert-OH is 1. The summed E-state index contributed by atoms with van der Waals surface area (Å²) in [5.41, 5.74) is 0.876. The highest BCUT2D eigenvalue weighted by molar-refractivity contribution is 8.18. The van der Waals surface area contributed by atoms with E-state index in [1.807, 2.05) is 62.0 Å². The Balaban J connectivity index is 1.97. The molecule has 4 nitrogen and oxygen atoms in total. The third-order valence-electron chi connectivity index (χ3n) is 3.49. The molecule has 1 aliphatic heterocycles. The van der Waals surface area contributed by atoms with Gasteiger partial charge in [-0.05, 0) is 30.0 Å². The zero-order valence-corrected chi connectivity index (χ0v) is 14.5. The van der Waals surface area contributed by atoms with E-state index in [0.717, 1.165) is 19.8 Å². The minimum atomic E-state index is -0.0724. The van der Waals surface area contributed by atoms with Crippen LogP contribution in [0.5, 0.6) is 0 Å². The van der Waals surface area contributed by atoms with Crippen LogP contribution in [0.15, 0.2) is 40.5 Å². The van der Waals surface area contributed by atoms with Gasteiger partial charge >= 0.3 is 0 Å². The van der Waals surface area contributed by atoms with Crippen LogP contribution >= 0.6 is 23.1 Å². The molecule has 2 aliphatic rings. The average Bonchev–Trinajstić information content (AvgIpc) is 3.08. The van der Waals surface area contributed by atoms with Crippen LogP contribution in [0.1, 0.15) is 4.88 Å². The first-order chi connectivity index (χ1) is 10.4. The highest BCUT2D eigenvalue weighted by atomic mass is 32.2. The monoisotopic (exact) mass is 333 g/mol. The maximum atomic E-state index is 12.5. The van der Waals surface area contributed by atoms with E-state index in [-0.39, 0.29) is 11.5 Å². The number of hydrogen-bond donors (Lipinski definition) is 1. The third kappa shape index (κ3) is 2.32. The lowest BCUT2D eigenvalue weighted by molar-refractivity contribution is -0.460. The second-order valence-electron chi connectivity index (χ2n) is 5.49. The zero-order chi connectivity index (χ0) is 16.0. The summed E-state index contributed by atoms with van der Waals surface area (Å²) in [6, 6.07) is 3.85. The summed E-state index contributed by atoms with van der Waals surface area (Å²) < 4.78 is 1.99. The van der Waals surface area contributed by atoms with Crippen LogP contribution in [-0.2, 0) is 4.79 Å². The Morgan fingerprint density at radius 3 is 2.36 bits per heavy atom. The predicted octanol–water partition coefficient (Wildman–Crippen LogP) is 2.89. The molecule has 0 unspecified atom stereocenters. The van der Waals surface area contributed by atoms with Gasteiger partial charge in [0.1, 0.15) is 19.9 Å². The predicted molar refractivity (Wildman–Crippen MR) is 94.1 cm³/mol. The van der Waals surface area contributed by atoms with Crippen molar-refractivity contribution < 1.29 is 14.5 Å². The number of carbonyl (C=O) groups excluding carboxylic acids is 1. The van der Waals surface area contributed by atoms with Crippen LogP contribution in [0, 0.1) is 0 Å². The van der Waals surface area contributed by atoms with E-state index in [1.165, 1.54) is 23.1 Å². The zero-order valence-electron chi connectivity index (χ0n) is 12.9. The molecule has 0 radical (unpaired) electrons.